The van der Waals surface area contributed by atoms with E-state index < -0.39 is 83.9 Å². The van der Waals surface area contributed by atoms with Crippen LogP contribution < -0.4 is 0 Å². The number of cyclic esters (lactones) is 1. The molecule has 3 heterocycles. The molecule has 3 N–H and O–H groups in total. The molecule has 1 amide bonds. The van der Waals surface area contributed by atoms with Crippen molar-refractivity contribution in [1.29, 1.82) is 0 Å². The molecule has 56 heavy (non-hydrogen) atoms. The largest absolute Gasteiger partial charge is 0.456 e. The Kier molecular flexibility index (Phi) is 16.9. The zero-order valence-electron chi connectivity index (χ0n) is 35.1. The van der Waals surface area contributed by atoms with Gasteiger partial charge < -0.3 is 43.9 Å². The maximum absolute atomic E-state index is 14.6. The number of hydrogen-bond donors (Lipinski definition) is 3. The number of aliphatic hydroxyl groups is 3. The predicted molar refractivity (Wildman–Crippen MR) is 208 cm³/mol. The van der Waals surface area contributed by atoms with E-state index in [1.807, 2.05) is 39.8 Å². The number of methoxy groups -OCH3 is 3. The monoisotopic (exact) mass is 791 g/mol. The molecule has 0 aromatic carbocycles. The van der Waals surface area contributed by atoms with E-state index in [2.05, 4.69) is 0 Å². The van der Waals surface area contributed by atoms with Gasteiger partial charge in [0.25, 0.3) is 5.91 Å². The summed E-state index contributed by atoms with van der Waals surface area (Å²) in [5.74, 6) is -7.60. The van der Waals surface area contributed by atoms with Crippen LogP contribution in [-0.2, 0) is 42.9 Å². The molecule has 14 atom stereocenters. The molecule has 0 spiro atoms. The standard InChI is InChI=1S/C43H69NO12/c1-10-30-18-24(2)17-25(3)19-36(53-8)39-37(54-9)21-27(5)40(48)43(51,56-39)42(50)44-16-12-11-13-31(44)41(49)55-38(28(6)33(46)23-34(30)47)26(4)20-29-14-15-32(45)35(22-29)52-7/h18,20,25,27-33,35-39,45-46,51H,10-17,19,21-23H2,1-9H3/b24-18+,26-20+/t25-,27+,28+,29?,30+,31?,32+,33-,35+,36-,37-,38+,39+,43+/m0/s1. The summed E-state index contributed by atoms with van der Waals surface area (Å²) in [4.78, 5) is 58.0. The zero-order chi connectivity index (χ0) is 41.5. The quantitative estimate of drug-likeness (QED) is 0.196. The lowest BCUT2D eigenvalue weighted by molar-refractivity contribution is -0.251. The number of rotatable bonds is 6. The SMILES string of the molecule is CC[C@@H]1/C=C(\C)C[C@H](C)C[C@H](OC)[C@H]2O[C@](O)(C(=O)[C@H](C)C[C@@H]2OC)C(=O)N2CCCCC2C(=O)O[C@H](/C(C)=C/C2CC[C@@H](O)[C@H](OC)C2)[C@H](C)[C@@H](O)CC1=O. The van der Waals surface area contributed by atoms with Crippen LogP contribution in [0.2, 0.25) is 0 Å². The Morgan fingerprint density at radius 3 is 2.21 bits per heavy atom. The Morgan fingerprint density at radius 2 is 1.57 bits per heavy atom. The summed E-state index contributed by atoms with van der Waals surface area (Å²) in [7, 11) is 4.57. The van der Waals surface area contributed by atoms with Gasteiger partial charge in [0.15, 0.2) is 0 Å². The Morgan fingerprint density at radius 1 is 0.911 bits per heavy atom. The number of ether oxygens (including phenoxy) is 5. The van der Waals surface area contributed by atoms with Crippen molar-refractivity contribution in [2.45, 2.75) is 167 Å². The van der Waals surface area contributed by atoms with Gasteiger partial charge in [-0.2, -0.15) is 0 Å². The van der Waals surface area contributed by atoms with E-state index in [0.717, 1.165) is 5.57 Å². The lowest BCUT2D eigenvalue weighted by atomic mass is 9.81. The number of Topliss-reactive ketones (excluding diaryl/α,β-unsaturated/α-hetero) is 2. The molecule has 318 valence electrons. The van der Waals surface area contributed by atoms with Gasteiger partial charge in [-0.1, -0.05) is 45.4 Å². The van der Waals surface area contributed by atoms with Gasteiger partial charge in [-0.15, -0.1) is 0 Å². The molecule has 13 heteroatoms. The molecule has 3 fully saturated rings. The van der Waals surface area contributed by atoms with Gasteiger partial charge in [-0.25, -0.2) is 4.79 Å². The fourth-order valence-electron chi connectivity index (χ4n) is 9.39. The first-order valence-electron chi connectivity index (χ1n) is 20.8. The van der Waals surface area contributed by atoms with E-state index in [9.17, 15) is 34.5 Å². The number of allylic oxidation sites excluding steroid dienone is 3. The molecule has 4 aliphatic rings. The number of piperidine rings is 1. The third-order valence-corrected chi connectivity index (χ3v) is 12.8. The fraction of sp³-hybridized carbons (Fsp3) is 0.814. The third-order valence-electron chi connectivity index (χ3n) is 12.8. The number of carbonyl (C=O) groups is 4. The Hall–Kier alpha value is -2.52. The van der Waals surface area contributed by atoms with Crippen LogP contribution in [0.1, 0.15) is 112 Å². The van der Waals surface area contributed by atoms with Crippen molar-refractivity contribution in [2.24, 2.45) is 29.6 Å². The highest BCUT2D eigenvalue weighted by Crippen LogP contribution is 2.37. The maximum Gasteiger partial charge on any atom is 0.329 e. The minimum atomic E-state index is -2.92. The summed E-state index contributed by atoms with van der Waals surface area (Å²) >= 11 is 0. The van der Waals surface area contributed by atoms with Gasteiger partial charge >= 0.3 is 11.8 Å². The lowest BCUT2D eigenvalue weighted by Gasteiger charge is -2.41. The minimum Gasteiger partial charge on any atom is -0.456 e. The van der Waals surface area contributed by atoms with Gasteiger partial charge in [0, 0.05) is 52.0 Å². The number of ketones is 2. The third kappa shape index (κ3) is 10.7. The van der Waals surface area contributed by atoms with Gasteiger partial charge in [-0.05, 0) is 95.5 Å². The van der Waals surface area contributed by atoms with E-state index in [0.29, 0.717) is 56.9 Å². The summed E-state index contributed by atoms with van der Waals surface area (Å²) < 4.78 is 29.9. The zero-order valence-corrected chi connectivity index (χ0v) is 35.1. The molecule has 3 aliphatic heterocycles. The van der Waals surface area contributed by atoms with E-state index in [1.165, 1.54) is 19.1 Å². The number of amides is 1. The van der Waals surface area contributed by atoms with Crippen molar-refractivity contribution < 1.29 is 58.2 Å². The summed E-state index contributed by atoms with van der Waals surface area (Å²) in [5.41, 5.74) is 1.65. The number of esters is 1. The smallest absolute Gasteiger partial charge is 0.329 e. The fourth-order valence-corrected chi connectivity index (χ4v) is 9.39. The van der Waals surface area contributed by atoms with E-state index in [4.69, 9.17) is 23.7 Å². The summed E-state index contributed by atoms with van der Waals surface area (Å²) in [6, 6.07) is -1.16. The van der Waals surface area contributed by atoms with Gasteiger partial charge in [0.1, 0.15) is 24.0 Å². The Bertz CT molecular complexity index is 1430. The van der Waals surface area contributed by atoms with Crippen LogP contribution in [0.25, 0.3) is 0 Å². The predicted octanol–water partition coefficient (Wildman–Crippen LogP) is 4.47. The average Bonchev–Trinajstić information content (AvgIpc) is 3.27. The molecular weight excluding hydrogens is 722 g/mol. The number of hydrogen-bond acceptors (Lipinski definition) is 12. The first kappa shape index (κ1) is 46.2. The van der Waals surface area contributed by atoms with Crippen molar-refractivity contribution in [1.82, 2.24) is 4.90 Å². The van der Waals surface area contributed by atoms with Gasteiger partial charge in [0.05, 0.1) is 30.5 Å². The molecule has 13 nitrogen and oxygen atoms in total. The van der Waals surface area contributed by atoms with Crippen LogP contribution in [0.4, 0.5) is 0 Å². The Balaban J connectivity index is 1.81. The molecular formula is C43H69NO12. The van der Waals surface area contributed by atoms with Crippen LogP contribution in [0, 0.1) is 29.6 Å². The van der Waals surface area contributed by atoms with E-state index in [1.54, 1.807) is 21.0 Å². The summed E-state index contributed by atoms with van der Waals surface area (Å²) in [6.07, 6.45) is 3.20. The number of nitrogens with zero attached hydrogens (tertiary/aromatic N) is 1. The van der Waals surface area contributed by atoms with Gasteiger partial charge in [-0.3, -0.25) is 14.4 Å². The summed E-state index contributed by atoms with van der Waals surface area (Å²) in [5, 5.41) is 34.3. The average molecular weight is 792 g/mol. The second-order valence-corrected chi connectivity index (χ2v) is 17.1. The maximum atomic E-state index is 14.6. The first-order chi connectivity index (χ1) is 26.5. The molecule has 1 aliphatic carbocycles. The molecule has 2 bridgehead atoms. The number of aliphatic hydroxyl groups excluding tert-OH is 2. The van der Waals surface area contributed by atoms with Crippen molar-refractivity contribution in [2.75, 3.05) is 27.9 Å². The van der Waals surface area contributed by atoms with E-state index in [-0.39, 0.29) is 49.5 Å². The molecule has 4 rings (SSSR count). The first-order valence-corrected chi connectivity index (χ1v) is 20.8. The second kappa shape index (κ2) is 20.4. The topological polar surface area (TPSA) is 178 Å². The molecule has 0 radical (unpaired) electrons. The van der Waals surface area contributed by atoms with Crippen LogP contribution in [-0.4, -0.2) is 126 Å². The van der Waals surface area contributed by atoms with Crippen LogP contribution >= 0.6 is 0 Å². The lowest BCUT2D eigenvalue weighted by Crippen LogP contribution is -2.63. The number of fused-ring (bicyclic) bond motifs is 3. The minimum absolute atomic E-state index is 0.00347. The Labute approximate surface area is 333 Å². The molecule has 1 saturated carbocycles. The molecule has 0 aromatic rings. The van der Waals surface area contributed by atoms with Gasteiger partial charge in [0.2, 0.25) is 5.78 Å². The summed E-state index contributed by atoms with van der Waals surface area (Å²) in [6.45, 7) is 11.2. The molecule has 0 aromatic heterocycles. The molecule has 2 unspecified atom stereocenters. The van der Waals surface area contributed by atoms with Crippen molar-refractivity contribution in [3.8, 4) is 0 Å². The highest BCUT2D eigenvalue weighted by molar-refractivity contribution is 6.09. The van der Waals surface area contributed by atoms with Crippen LogP contribution in [0.15, 0.2) is 23.3 Å². The highest BCUT2D eigenvalue weighted by Gasteiger charge is 2.57. The molecule has 2 saturated heterocycles. The van der Waals surface area contributed by atoms with Crippen LogP contribution in [0.3, 0.4) is 0 Å². The number of carbonyl (C=O) groups excluding carboxylic acids is 4. The normalized spacial score (nSPS) is 41.6. The van der Waals surface area contributed by atoms with Crippen molar-refractivity contribution in [3.63, 3.8) is 0 Å². The van der Waals surface area contributed by atoms with Crippen molar-refractivity contribution >= 4 is 23.4 Å². The van der Waals surface area contributed by atoms with E-state index >= 15 is 0 Å². The highest BCUT2D eigenvalue weighted by atomic mass is 16.7. The van der Waals surface area contributed by atoms with Crippen LogP contribution in [0.5, 0.6) is 0 Å². The van der Waals surface area contributed by atoms with Crippen molar-refractivity contribution in [3.05, 3.63) is 23.3 Å². The second-order valence-electron chi connectivity index (χ2n) is 17.1.